The second kappa shape index (κ2) is 7.60. The minimum atomic E-state index is -0.101. The first kappa shape index (κ1) is 15.3. The van der Waals surface area contributed by atoms with Gasteiger partial charge in [0.2, 0.25) is 5.91 Å². The number of aromatic nitrogens is 1. The summed E-state index contributed by atoms with van der Waals surface area (Å²) in [6, 6.07) is 5.49. The Balaban J connectivity index is 1.97. The molecule has 1 aromatic heterocycles. The lowest BCUT2D eigenvalue weighted by Crippen LogP contribution is -2.39. The van der Waals surface area contributed by atoms with Crippen molar-refractivity contribution in [1.29, 1.82) is 5.26 Å². The van der Waals surface area contributed by atoms with E-state index < -0.39 is 0 Å². The van der Waals surface area contributed by atoms with E-state index in [1.54, 1.807) is 19.2 Å². The molecule has 112 valence electrons. The lowest BCUT2D eigenvalue weighted by Gasteiger charge is -2.29. The zero-order valence-corrected chi connectivity index (χ0v) is 12.1. The van der Waals surface area contributed by atoms with E-state index >= 15 is 0 Å². The Morgan fingerprint density at radius 2 is 2.29 bits per heavy atom. The first-order chi connectivity index (χ1) is 10.2. The Morgan fingerprint density at radius 1 is 1.52 bits per heavy atom. The van der Waals surface area contributed by atoms with E-state index in [9.17, 15) is 4.79 Å². The second-order valence-electron chi connectivity index (χ2n) is 5.10. The van der Waals surface area contributed by atoms with Gasteiger partial charge in [-0.15, -0.1) is 0 Å². The molecule has 1 amide bonds. The van der Waals surface area contributed by atoms with Gasteiger partial charge in [0.25, 0.3) is 0 Å². The molecule has 0 radical (unpaired) electrons. The van der Waals surface area contributed by atoms with Gasteiger partial charge in [-0.2, -0.15) is 5.26 Å². The van der Waals surface area contributed by atoms with Gasteiger partial charge in [-0.05, 0) is 30.9 Å². The summed E-state index contributed by atoms with van der Waals surface area (Å²) in [7, 11) is 1.66. The van der Waals surface area contributed by atoms with E-state index in [1.165, 1.54) is 6.20 Å². The van der Waals surface area contributed by atoms with Crippen LogP contribution in [0.25, 0.3) is 0 Å². The summed E-state index contributed by atoms with van der Waals surface area (Å²) in [4.78, 5) is 16.2. The lowest BCUT2D eigenvalue weighted by atomic mass is 9.85. The van der Waals surface area contributed by atoms with E-state index in [2.05, 4.69) is 15.6 Å². The predicted molar refractivity (Wildman–Crippen MR) is 78.5 cm³/mol. The average molecular weight is 288 g/mol. The number of nitriles is 1. The number of carbonyl (C=O) groups is 1. The largest absolute Gasteiger partial charge is 0.381 e. The maximum atomic E-state index is 12.1. The van der Waals surface area contributed by atoms with Crippen LogP contribution < -0.4 is 10.6 Å². The molecule has 1 saturated heterocycles. The molecule has 1 unspecified atom stereocenters. The molecule has 1 atom stereocenters. The highest BCUT2D eigenvalue weighted by atomic mass is 16.5. The molecule has 0 aromatic carbocycles. The molecule has 21 heavy (non-hydrogen) atoms. The molecular weight excluding hydrogens is 268 g/mol. The number of rotatable bonds is 5. The number of ether oxygens (including phenoxy) is 1. The van der Waals surface area contributed by atoms with Crippen LogP contribution in [0.2, 0.25) is 0 Å². The fraction of sp³-hybridized carbons (Fsp3) is 0.533. The van der Waals surface area contributed by atoms with Gasteiger partial charge in [-0.25, -0.2) is 4.98 Å². The molecule has 2 N–H and O–H groups in total. The first-order valence-corrected chi connectivity index (χ1v) is 7.14. The number of amides is 1. The standard InChI is InChI=1S/C15H20N4O2/c1-17-15(20)13(12-4-6-21-7-5-12)10-19-14-3-2-11(8-16)9-18-14/h2-3,9,12-13H,4-7,10H2,1H3,(H,17,20)(H,18,19). The van der Waals surface area contributed by atoms with Crippen molar-refractivity contribution in [2.45, 2.75) is 12.8 Å². The van der Waals surface area contributed by atoms with Crippen LogP contribution in [0.4, 0.5) is 5.82 Å². The zero-order chi connectivity index (χ0) is 15.1. The summed E-state index contributed by atoms with van der Waals surface area (Å²) >= 11 is 0. The van der Waals surface area contributed by atoms with E-state index in [4.69, 9.17) is 10.00 Å². The van der Waals surface area contributed by atoms with Crippen molar-refractivity contribution in [1.82, 2.24) is 10.3 Å². The predicted octanol–water partition coefficient (Wildman–Crippen LogP) is 1.15. The number of nitrogens with one attached hydrogen (secondary N) is 2. The summed E-state index contributed by atoms with van der Waals surface area (Å²) in [5, 5.41) is 14.7. The van der Waals surface area contributed by atoms with E-state index in [0.29, 0.717) is 37.1 Å². The minimum Gasteiger partial charge on any atom is -0.381 e. The van der Waals surface area contributed by atoms with Gasteiger partial charge in [-0.3, -0.25) is 4.79 Å². The van der Waals surface area contributed by atoms with Gasteiger partial charge >= 0.3 is 0 Å². The number of nitrogens with zero attached hydrogens (tertiary/aromatic N) is 2. The summed E-state index contributed by atoms with van der Waals surface area (Å²) in [5.41, 5.74) is 0.521. The van der Waals surface area contributed by atoms with E-state index in [-0.39, 0.29) is 11.8 Å². The van der Waals surface area contributed by atoms with Crippen molar-refractivity contribution < 1.29 is 9.53 Å². The highest BCUT2D eigenvalue weighted by Gasteiger charge is 2.29. The number of pyridine rings is 1. The van der Waals surface area contributed by atoms with Gasteiger partial charge in [0.15, 0.2) is 0 Å². The maximum absolute atomic E-state index is 12.1. The molecule has 2 heterocycles. The molecule has 0 saturated carbocycles. The summed E-state index contributed by atoms with van der Waals surface area (Å²) in [6.07, 6.45) is 3.33. The fourth-order valence-electron chi connectivity index (χ4n) is 2.56. The van der Waals surface area contributed by atoms with Crippen LogP contribution in [0.3, 0.4) is 0 Å². The molecule has 2 rings (SSSR count). The van der Waals surface area contributed by atoms with Gasteiger partial charge < -0.3 is 15.4 Å². The van der Waals surface area contributed by atoms with Crippen molar-refractivity contribution >= 4 is 11.7 Å². The normalized spacial score (nSPS) is 16.8. The fourth-order valence-corrected chi connectivity index (χ4v) is 2.56. The molecule has 1 aromatic rings. The molecule has 1 aliphatic heterocycles. The van der Waals surface area contributed by atoms with Crippen molar-refractivity contribution in [3.8, 4) is 6.07 Å². The Bertz CT molecular complexity index is 503. The quantitative estimate of drug-likeness (QED) is 0.849. The van der Waals surface area contributed by atoms with Crippen molar-refractivity contribution in [2.24, 2.45) is 11.8 Å². The number of anilines is 1. The van der Waals surface area contributed by atoms with Gasteiger partial charge in [0.1, 0.15) is 11.9 Å². The number of carbonyl (C=O) groups excluding carboxylic acids is 1. The summed E-state index contributed by atoms with van der Waals surface area (Å²) < 4.78 is 5.36. The third-order valence-corrected chi connectivity index (χ3v) is 3.81. The van der Waals surface area contributed by atoms with E-state index in [1.807, 2.05) is 6.07 Å². The SMILES string of the molecule is CNC(=O)C(CNc1ccc(C#N)cn1)C1CCOCC1. The highest BCUT2D eigenvalue weighted by Crippen LogP contribution is 2.24. The van der Waals surface area contributed by atoms with Crippen LogP contribution in [0.15, 0.2) is 18.3 Å². The molecule has 0 bridgehead atoms. The van der Waals surface area contributed by atoms with Crippen LogP contribution in [0.5, 0.6) is 0 Å². The van der Waals surface area contributed by atoms with Crippen molar-refractivity contribution in [3.05, 3.63) is 23.9 Å². The first-order valence-electron chi connectivity index (χ1n) is 7.14. The van der Waals surface area contributed by atoms with Gasteiger partial charge in [0.05, 0.1) is 11.5 Å². The van der Waals surface area contributed by atoms with Gasteiger partial charge in [0, 0.05) is 33.0 Å². The van der Waals surface area contributed by atoms with Crippen LogP contribution in [-0.2, 0) is 9.53 Å². The molecule has 0 spiro atoms. The molecule has 0 aliphatic carbocycles. The van der Waals surface area contributed by atoms with Crippen LogP contribution >= 0.6 is 0 Å². The third kappa shape index (κ3) is 4.17. The van der Waals surface area contributed by atoms with Crippen molar-refractivity contribution in [3.63, 3.8) is 0 Å². The molecule has 6 heteroatoms. The van der Waals surface area contributed by atoms with Crippen LogP contribution in [0.1, 0.15) is 18.4 Å². The monoisotopic (exact) mass is 288 g/mol. The third-order valence-electron chi connectivity index (χ3n) is 3.81. The summed E-state index contributed by atoms with van der Waals surface area (Å²) in [5.74, 6) is 0.943. The Labute approximate surface area is 124 Å². The molecule has 1 aliphatic rings. The Kier molecular flexibility index (Phi) is 5.52. The van der Waals surface area contributed by atoms with Crippen molar-refractivity contribution in [2.75, 3.05) is 32.1 Å². The Morgan fingerprint density at radius 3 is 2.86 bits per heavy atom. The average Bonchev–Trinajstić information content (AvgIpc) is 2.56. The smallest absolute Gasteiger partial charge is 0.224 e. The maximum Gasteiger partial charge on any atom is 0.224 e. The second-order valence-corrected chi connectivity index (χ2v) is 5.10. The molecule has 1 fully saturated rings. The summed E-state index contributed by atoms with van der Waals surface area (Å²) in [6.45, 7) is 1.96. The topological polar surface area (TPSA) is 87.0 Å². The molecular formula is C15H20N4O2. The lowest BCUT2D eigenvalue weighted by molar-refractivity contribution is -0.126. The minimum absolute atomic E-state index is 0.0445. The van der Waals surface area contributed by atoms with Crippen LogP contribution in [0, 0.1) is 23.2 Å². The Hall–Kier alpha value is -2.13. The number of hydrogen-bond donors (Lipinski definition) is 2. The highest BCUT2D eigenvalue weighted by molar-refractivity contribution is 5.79. The van der Waals surface area contributed by atoms with Gasteiger partial charge in [-0.1, -0.05) is 0 Å². The number of hydrogen-bond acceptors (Lipinski definition) is 5. The van der Waals surface area contributed by atoms with Crippen LogP contribution in [-0.4, -0.2) is 37.7 Å². The zero-order valence-electron chi connectivity index (χ0n) is 12.1. The van der Waals surface area contributed by atoms with E-state index in [0.717, 1.165) is 12.8 Å². The molecule has 6 nitrogen and oxygen atoms in total.